The van der Waals surface area contributed by atoms with Crippen LogP contribution in [0.2, 0.25) is 5.02 Å². The summed E-state index contributed by atoms with van der Waals surface area (Å²) in [5.41, 5.74) is 0.624. The SMILES string of the molecule is Fc1cc(-c2cnco2)ccc1Cl. The third-order valence-electron chi connectivity index (χ3n) is 1.64. The zero-order valence-electron chi connectivity index (χ0n) is 6.50. The normalized spacial score (nSPS) is 10.3. The first kappa shape index (κ1) is 8.26. The third kappa shape index (κ3) is 1.55. The van der Waals surface area contributed by atoms with E-state index < -0.39 is 5.82 Å². The van der Waals surface area contributed by atoms with Crippen LogP contribution in [0.1, 0.15) is 0 Å². The Morgan fingerprint density at radius 3 is 2.85 bits per heavy atom. The number of halogens is 2. The van der Waals surface area contributed by atoms with Crippen molar-refractivity contribution in [2.45, 2.75) is 0 Å². The molecule has 1 heterocycles. The Labute approximate surface area is 79.0 Å². The Bertz CT molecular complexity index is 414. The number of nitrogens with zero attached hydrogens (tertiary/aromatic N) is 1. The minimum atomic E-state index is -0.462. The van der Waals surface area contributed by atoms with Crippen molar-refractivity contribution in [3.63, 3.8) is 0 Å². The van der Waals surface area contributed by atoms with Gasteiger partial charge < -0.3 is 4.42 Å². The first-order chi connectivity index (χ1) is 6.27. The fourth-order valence-corrected chi connectivity index (χ4v) is 1.13. The molecule has 0 bridgehead atoms. The maximum Gasteiger partial charge on any atom is 0.181 e. The van der Waals surface area contributed by atoms with E-state index in [-0.39, 0.29) is 5.02 Å². The highest BCUT2D eigenvalue weighted by Crippen LogP contribution is 2.23. The Balaban J connectivity index is 2.49. The molecule has 66 valence electrons. The van der Waals surface area contributed by atoms with E-state index in [1.54, 1.807) is 6.07 Å². The van der Waals surface area contributed by atoms with Gasteiger partial charge in [0.25, 0.3) is 0 Å². The number of hydrogen-bond acceptors (Lipinski definition) is 2. The van der Waals surface area contributed by atoms with Crippen LogP contribution in [-0.2, 0) is 0 Å². The van der Waals surface area contributed by atoms with Crippen LogP contribution in [0, 0.1) is 5.82 Å². The molecular weight excluding hydrogens is 193 g/mol. The lowest BCUT2D eigenvalue weighted by atomic mass is 10.2. The average molecular weight is 198 g/mol. The predicted octanol–water partition coefficient (Wildman–Crippen LogP) is 3.13. The second-order valence-corrected chi connectivity index (χ2v) is 2.90. The van der Waals surface area contributed by atoms with Crippen molar-refractivity contribution < 1.29 is 8.81 Å². The largest absolute Gasteiger partial charge is 0.444 e. The molecule has 2 nitrogen and oxygen atoms in total. The molecule has 0 fully saturated rings. The molecule has 0 radical (unpaired) electrons. The van der Waals surface area contributed by atoms with Crippen molar-refractivity contribution in [2.24, 2.45) is 0 Å². The van der Waals surface area contributed by atoms with E-state index in [2.05, 4.69) is 4.98 Å². The maximum absolute atomic E-state index is 13.0. The summed E-state index contributed by atoms with van der Waals surface area (Å²) in [6.07, 6.45) is 2.81. The van der Waals surface area contributed by atoms with E-state index >= 15 is 0 Å². The fourth-order valence-electron chi connectivity index (χ4n) is 1.01. The van der Waals surface area contributed by atoms with Crippen molar-refractivity contribution >= 4 is 11.6 Å². The van der Waals surface area contributed by atoms with Gasteiger partial charge >= 0.3 is 0 Å². The van der Waals surface area contributed by atoms with E-state index in [0.29, 0.717) is 11.3 Å². The van der Waals surface area contributed by atoms with Crippen molar-refractivity contribution in [3.8, 4) is 11.3 Å². The number of rotatable bonds is 1. The molecule has 4 heteroatoms. The lowest BCUT2D eigenvalue weighted by Crippen LogP contribution is -1.79. The van der Waals surface area contributed by atoms with Crippen molar-refractivity contribution in [2.75, 3.05) is 0 Å². The Morgan fingerprint density at radius 2 is 2.23 bits per heavy atom. The molecule has 0 aliphatic heterocycles. The van der Waals surface area contributed by atoms with Gasteiger partial charge in [-0.15, -0.1) is 0 Å². The predicted molar refractivity (Wildman–Crippen MR) is 46.9 cm³/mol. The fraction of sp³-hybridized carbons (Fsp3) is 0. The van der Waals surface area contributed by atoms with Gasteiger partial charge in [-0.25, -0.2) is 9.37 Å². The quantitative estimate of drug-likeness (QED) is 0.702. The highest BCUT2D eigenvalue weighted by atomic mass is 35.5. The Hall–Kier alpha value is -1.35. The van der Waals surface area contributed by atoms with Crippen LogP contribution >= 0.6 is 11.6 Å². The lowest BCUT2D eigenvalue weighted by molar-refractivity contribution is 0.570. The van der Waals surface area contributed by atoms with Gasteiger partial charge in [-0.3, -0.25) is 0 Å². The van der Waals surface area contributed by atoms with Crippen molar-refractivity contribution in [1.29, 1.82) is 0 Å². The summed E-state index contributed by atoms with van der Waals surface area (Å²) in [4.78, 5) is 3.73. The number of benzene rings is 1. The van der Waals surface area contributed by atoms with E-state index in [9.17, 15) is 4.39 Å². The molecule has 0 saturated heterocycles. The van der Waals surface area contributed by atoms with Gasteiger partial charge in [-0.05, 0) is 18.2 Å². The Kier molecular flexibility index (Phi) is 2.02. The second-order valence-electron chi connectivity index (χ2n) is 2.49. The Morgan fingerprint density at radius 1 is 1.38 bits per heavy atom. The second kappa shape index (κ2) is 3.18. The zero-order valence-corrected chi connectivity index (χ0v) is 7.25. The van der Waals surface area contributed by atoms with Crippen LogP contribution in [0.5, 0.6) is 0 Å². The van der Waals surface area contributed by atoms with Crippen molar-refractivity contribution in [1.82, 2.24) is 4.98 Å². The third-order valence-corrected chi connectivity index (χ3v) is 1.94. The van der Waals surface area contributed by atoms with Gasteiger partial charge in [-0.1, -0.05) is 11.6 Å². The smallest absolute Gasteiger partial charge is 0.181 e. The average Bonchev–Trinajstić information content (AvgIpc) is 2.62. The van der Waals surface area contributed by atoms with Crippen LogP contribution in [-0.4, -0.2) is 4.98 Å². The molecule has 0 unspecified atom stereocenters. The van der Waals surface area contributed by atoms with Gasteiger partial charge in [0, 0.05) is 5.56 Å². The van der Waals surface area contributed by atoms with Gasteiger partial charge in [-0.2, -0.15) is 0 Å². The molecule has 1 aromatic heterocycles. The molecule has 0 atom stereocenters. The molecule has 0 amide bonds. The van der Waals surface area contributed by atoms with Gasteiger partial charge in [0.2, 0.25) is 0 Å². The lowest BCUT2D eigenvalue weighted by Gasteiger charge is -1.97. The summed E-state index contributed by atoms with van der Waals surface area (Å²) in [7, 11) is 0. The van der Waals surface area contributed by atoms with Gasteiger partial charge in [0.05, 0.1) is 11.2 Å². The van der Waals surface area contributed by atoms with Crippen LogP contribution in [0.15, 0.2) is 35.2 Å². The molecule has 1 aromatic carbocycles. The summed E-state index contributed by atoms with van der Waals surface area (Å²) in [5, 5.41) is 0.100. The topological polar surface area (TPSA) is 26.0 Å². The summed E-state index contributed by atoms with van der Waals surface area (Å²) in [6.45, 7) is 0. The summed E-state index contributed by atoms with van der Waals surface area (Å²) in [5.74, 6) is 0.0612. The molecule has 0 spiro atoms. The van der Waals surface area contributed by atoms with Crippen molar-refractivity contribution in [3.05, 3.63) is 41.6 Å². The number of oxazole rings is 1. The first-order valence-corrected chi connectivity index (χ1v) is 3.99. The van der Waals surface area contributed by atoms with Crippen LogP contribution in [0.4, 0.5) is 4.39 Å². The minimum absolute atomic E-state index is 0.100. The molecule has 0 aliphatic carbocycles. The van der Waals surface area contributed by atoms with E-state index in [4.69, 9.17) is 16.0 Å². The van der Waals surface area contributed by atoms with E-state index in [1.165, 1.54) is 24.7 Å². The van der Waals surface area contributed by atoms with E-state index in [0.717, 1.165) is 0 Å². The molecule has 2 rings (SSSR count). The monoisotopic (exact) mass is 197 g/mol. The number of aromatic nitrogens is 1. The zero-order chi connectivity index (χ0) is 9.26. The van der Waals surface area contributed by atoms with Crippen LogP contribution < -0.4 is 0 Å². The molecule has 0 saturated carbocycles. The highest BCUT2D eigenvalue weighted by Gasteiger charge is 2.04. The van der Waals surface area contributed by atoms with Gasteiger partial charge in [0.15, 0.2) is 12.2 Å². The van der Waals surface area contributed by atoms with Gasteiger partial charge in [0.1, 0.15) is 5.82 Å². The maximum atomic E-state index is 13.0. The molecule has 13 heavy (non-hydrogen) atoms. The van der Waals surface area contributed by atoms with Crippen LogP contribution in [0.3, 0.4) is 0 Å². The summed E-state index contributed by atoms with van der Waals surface area (Å²) in [6, 6.07) is 4.46. The summed E-state index contributed by atoms with van der Waals surface area (Å²) < 4.78 is 18.0. The molecule has 2 aromatic rings. The molecule has 0 aliphatic rings. The summed E-state index contributed by atoms with van der Waals surface area (Å²) >= 11 is 5.52. The molecule has 0 N–H and O–H groups in total. The minimum Gasteiger partial charge on any atom is -0.444 e. The first-order valence-electron chi connectivity index (χ1n) is 3.61. The van der Waals surface area contributed by atoms with Crippen LogP contribution in [0.25, 0.3) is 11.3 Å². The number of hydrogen-bond donors (Lipinski definition) is 0. The molecular formula is C9H5ClFNO. The van der Waals surface area contributed by atoms with E-state index in [1.807, 2.05) is 0 Å². The standard InChI is InChI=1S/C9H5ClFNO/c10-7-2-1-6(3-8(7)11)9-4-12-5-13-9/h1-5H. The highest BCUT2D eigenvalue weighted by molar-refractivity contribution is 6.30.